The van der Waals surface area contributed by atoms with Crippen molar-refractivity contribution in [2.45, 2.75) is 18.8 Å². The molecule has 4 aromatic rings. The maximum atomic E-state index is 15.1. The molecule has 0 saturated heterocycles. The number of nitrogens with one attached hydrogen (secondary N) is 2. The molecular formula is C28H27F2N5O4S. The third-order valence-corrected chi connectivity index (χ3v) is 7.26. The number of para-hydroxylation sites is 1. The van der Waals surface area contributed by atoms with E-state index in [1.54, 1.807) is 42.6 Å². The Labute approximate surface area is 230 Å². The van der Waals surface area contributed by atoms with Gasteiger partial charge in [0.05, 0.1) is 30.5 Å². The first-order chi connectivity index (χ1) is 19.1. The smallest absolute Gasteiger partial charge is 0.167 e. The van der Waals surface area contributed by atoms with Crippen LogP contribution < -0.4 is 21.1 Å². The number of halogens is 2. The number of furan rings is 1. The third kappa shape index (κ3) is 6.03. The second-order valence-electron chi connectivity index (χ2n) is 9.39. The van der Waals surface area contributed by atoms with Crippen LogP contribution in [0.1, 0.15) is 22.5 Å². The van der Waals surface area contributed by atoms with Crippen molar-refractivity contribution < 1.29 is 26.4 Å². The maximum absolute atomic E-state index is 15.1. The molecule has 4 N–H and O–H groups in total. The van der Waals surface area contributed by atoms with Crippen molar-refractivity contribution in [2.75, 3.05) is 23.9 Å². The molecule has 3 heterocycles. The van der Waals surface area contributed by atoms with Crippen molar-refractivity contribution in [1.29, 1.82) is 0 Å². The zero-order valence-electron chi connectivity index (χ0n) is 21.5. The van der Waals surface area contributed by atoms with Crippen LogP contribution in [0.3, 0.4) is 0 Å². The van der Waals surface area contributed by atoms with E-state index in [0.717, 1.165) is 0 Å². The molecule has 0 spiro atoms. The average Bonchev–Trinajstić information content (AvgIpc) is 3.39. The van der Waals surface area contributed by atoms with Crippen LogP contribution in [0.25, 0.3) is 11.5 Å². The Morgan fingerprint density at radius 2 is 1.93 bits per heavy atom. The lowest BCUT2D eigenvalue weighted by Gasteiger charge is -2.32. The highest BCUT2D eigenvalue weighted by atomic mass is 32.2. The summed E-state index contributed by atoms with van der Waals surface area (Å²) >= 11 is 0. The van der Waals surface area contributed by atoms with Crippen molar-refractivity contribution in [1.82, 2.24) is 10.3 Å². The summed E-state index contributed by atoms with van der Waals surface area (Å²) in [4.78, 5) is 8.94. The van der Waals surface area contributed by atoms with E-state index in [-0.39, 0.29) is 23.7 Å². The summed E-state index contributed by atoms with van der Waals surface area (Å²) in [5.74, 6) is -0.0846. The number of ether oxygens (including phenoxy) is 1. The molecule has 12 heteroatoms. The number of benzene rings is 2. The Hall–Kier alpha value is -4.13. The highest BCUT2D eigenvalue weighted by Gasteiger charge is 2.38. The standard InChI is InChI=1S/C28H27F2N5O4S/c1-40(36,37)11-10-32-14-20-8-9-26(39-20)24-13-22-25(15-33-24)34-17-35-28(22,31)21-6-3-7-23(30)27(21)38-16-18-4-2-5-19(29)12-18/h2-9,12-13,15,17,32H,10-11,14,16,31H2,1H3,(H,34,35). The van der Waals surface area contributed by atoms with E-state index >= 15 is 4.39 Å². The predicted octanol–water partition coefficient (Wildman–Crippen LogP) is 3.95. The van der Waals surface area contributed by atoms with Crippen LogP contribution in [0, 0.1) is 11.6 Å². The Morgan fingerprint density at radius 1 is 1.10 bits per heavy atom. The molecule has 5 rings (SSSR count). The fourth-order valence-electron chi connectivity index (χ4n) is 4.33. The lowest BCUT2D eigenvalue weighted by atomic mass is 9.89. The number of nitrogens with zero attached hydrogens (tertiary/aromatic N) is 2. The van der Waals surface area contributed by atoms with Crippen LogP contribution in [0.15, 0.2) is 76.3 Å². The molecule has 1 atom stereocenters. The molecule has 0 saturated carbocycles. The zero-order valence-corrected chi connectivity index (χ0v) is 22.3. The highest BCUT2D eigenvalue weighted by Crippen LogP contribution is 2.42. The molecule has 1 aliphatic heterocycles. The Morgan fingerprint density at radius 3 is 2.73 bits per heavy atom. The van der Waals surface area contributed by atoms with Gasteiger partial charge in [0.15, 0.2) is 23.0 Å². The number of hydrogen-bond acceptors (Lipinski definition) is 9. The zero-order chi connectivity index (χ0) is 28.3. The lowest BCUT2D eigenvalue weighted by molar-refractivity contribution is 0.281. The second kappa shape index (κ2) is 11.2. The summed E-state index contributed by atoms with van der Waals surface area (Å²) < 4.78 is 63.1. The molecule has 1 unspecified atom stereocenters. The van der Waals surface area contributed by atoms with Crippen molar-refractivity contribution in [3.8, 4) is 17.2 Å². The SMILES string of the molecule is CS(=O)(=O)CCNCc1ccc(-c2cc3c(cn2)NC=NC3(N)c2cccc(F)c2OCc2cccc(F)c2)o1. The fraction of sp³-hybridized carbons (Fsp3) is 0.214. The monoisotopic (exact) mass is 567 g/mol. The molecule has 0 bridgehead atoms. The van der Waals surface area contributed by atoms with Gasteiger partial charge in [-0.25, -0.2) is 22.2 Å². The van der Waals surface area contributed by atoms with Gasteiger partial charge in [0, 0.05) is 23.9 Å². The van der Waals surface area contributed by atoms with Crippen LogP contribution in [0.4, 0.5) is 14.5 Å². The highest BCUT2D eigenvalue weighted by molar-refractivity contribution is 7.90. The van der Waals surface area contributed by atoms with E-state index in [4.69, 9.17) is 14.9 Å². The molecule has 0 aliphatic carbocycles. The molecule has 0 radical (unpaired) electrons. The maximum Gasteiger partial charge on any atom is 0.167 e. The van der Waals surface area contributed by atoms with Crippen LogP contribution in [0.5, 0.6) is 5.75 Å². The van der Waals surface area contributed by atoms with Crippen molar-refractivity contribution in [2.24, 2.45) is 10.7 Å². The molecule has 1 aliphatic rings. The Kier molecular flexibility index (Phi) is 7.66. The van der Waals surface area contributed by atoms with Crippen molar-refractivity contribution in [3.05, 3.63) is 101 Å². The van der Waals surface area contributed by atoms with Gasteiger partial charge in [0.1, 0.15) is 33.7 Å². The minimum Gasteiger partial charge on any atom is -0.485 e. The first-order valence-electron chi connectivity index (χ1n) is 12.4. The van der Waals surface area contributed by atoms with Gasteiger partial charge in [-0.15, -0.1) is 0 Å². The Balaban J connectivity index is 1.43. The number of rotatable bonds is 10. The summed E-state index contributed by atoms with van der Waals surface area (Å²) in [5.41, 5.74) is 7.66. The van der Waals surface area contributed by atoms with Gasteiger partial charge in [-0.05, 0) is 42.0 Å². The molecule has 9 nitrogen and oxygen atoms in total. The topological polar surface area (TPSA) is 132 Å². The van der Waals surface area contributed by atoms with E-state index in [9.17, 15) is 12.8 Å². The Bertz CT molecular complexity index is 1670. The quantitative estimate of drug-likeness (QED) is 0.246. The number of fused-ring (bicyclic) bond motifs is 1. The summed E-state index contributed by atoms with van der Waals surface area (Å²) in [5, 5.41) is 6.05. The van der Waals surface area contributed by atoms with Gasteiger partial charge in [-0.3, -0.25) is 10.7 Å². The van der Waals surface area contributed by atoms with E-state index < -0.39 is 27.1 Å². The van der Waals surface area contributed by atoms with Gasteiger partial charge in [-0.2, -0.15) is 0 Å². The lowest BCUT2D eigenvalue weighted by Crippen LogP contribution is -2.40. The van der Waals surface area contributed by atoms with Crippen molar-refractivity contribution >= 4 is 21.9 Å². The summed E-state index contributed by atoms with van der Waals surface area (Å²) in [6.07, 6.45) is 4.18. The number of aliphatic imine (C=N–C) groups is 1. The fourth-order valence-corrected chi connectivity index (χ4v) is 4.84. The molecule has 208 valence electrons. The number of nitrogens with two attached hydrogens (primary N) is 1. The van der Waals surface area contributed by atoms with E-state index in [0.29, 0.717) is 47.1 Å². The summed E-state index contributed by atoms with van der Waals surface area (Å²) in [7, 11) is -3.06. The normalized spacial score (nSPS) is 16.4. The first kappa shape index (κ1) is 27.4. The van der Waals surface area contributed by atoms with Gasteiger partial charge in [0.25, 0.3) is 0 Å². The van der Waals surface area contributed by atoms with Crippen LogP contribution in [0.2, 0.25) is 0 Å². The first-order valence-corrected chi connectivity index (χ1v) is 14.4. The van der Waals surface area contributed by atoms with E-state index in [1.807, 2.05) is 0 Å². The van der Waals surface area contributed by atoms with Crippen LogP contribution in [-0.4, -0.2) is 38.3 Å². The number of aromatic nitrogens is 1. The predicted molar refractivity (Wildman–Crippen MR) is 148 cm³/mol. The van der Waals surface area contributed by atoms with Gasteiger partial charge in [-0.1, -0.05) is 24.3 Å². The summed E-state index contributed by atoms with van der Waals surface area (Å²) in [6, 6.07) is 15.5. The third-order valence-electron chi connectivity index (χ3n) is 6.32. The van der Waals surface area contributed by atoms with Crippen LogP contribution >= 0.6 is 0 Å². The number of hydrogen-bond donors (Lipinski definition) is 3. The largest absolute Gasteiger partial charge is 0.485 e. The average molecular weight is 568 g/mol. The molecule has 0 amide bonds. The van der Waals surface area contributed by atoms with Gasteiger partial charge < -0.3 is 19.8 Å². The molecule has 2 aromatic heterocycles. The van der Waals surface area contributed by atoms with E-state index in [1.165, 1.54) is 36.9 Å². The molecule has 0 fully saturated rings. The number of pyridine rings is 1. The van der Waals surface area contributed by atoms with Gasteiger partial charge in [0.2, 0.25) is 0 Å². The van der Waals surface area contributed by atoms with Crippen molar-refractivity contribution in [3.63, 3.8) is 0 Å². The second-order valence-corrected chi connectivity index (χ2v) is 11.7. The minimum absolute atomic E-state index is 0.0209. The van der Waals surface area contributed by atoms with Crippen LogP contribution in [-0.2, 0) is 28.7 Å². The molecule has 2 aromatic carbocycles. The molecule has 40 heavy (non-hydrogen) atoms. The van der Waals surface area contributed by atoms with E-state index in [2.05, 4.69) is 20.6 Å². The van der Waals surface area contributed by atoms with Gasteiger partial charge >= 0.3 is 0 Å². The summed E-state index contributed by atoms with van der Waals surface area (Å²) in [6.45, 7) is 0.552. The molecular weight excluding hydrogens is 540 g/mol. The number of anilines is 1. The number of sulfone groups is 1. The minimum atomic E-state index is -3.06.